The normalized spacial score (nSPS) is 10.3. The van der Waals surface area contributed by atoms with Gasteiger partial charge in [0.05, 0.1) is 24.7 Å². The van der Waals surface area contributed by atoms with Crippen molar-refractivity contribution >= 4 is 11.6 Å². The van der Waals surface area contributed by atoms with Gasteiger partial charge >= 0.3 is 0 Å². The minimum absolute atomic E-state index is 0.132. The summed E-state index contributed by atoms with van der Waals surface area (Å²) < 4.78 is 5.50. The minimum Gasteiger partial charge on any atom is -0.437 e. The second kappa shape index (κ2) is 5.12. The molecule has 0 radical (unpaired) electrons. The van der Waals surface area contributed by atoms with Crippen molar-refractivity contribution < 1.29 is 9.84 Å². The van der Waals surface area contributed by atoms with Crippen molar-refractivity contribution in [1.82, 2.24) is 9.97 Å². The molecule has 0 amide bonds. The van der Waals surface area contributed by atoms with E-state index in [-0.39, 0.29) is 6.61 Å². The van der Waals surface area contributed by atoms with Crippen LogP contribution in [0.2, 0.25) is 5.02 Å². The first-order chi connectivity index (χ1) is 8.19. The Hall–Kier alpha value is -1.65. The van der Waals surface area contributed by atoms with Gasteiger partial charge in [-0.1, -0.05) is 11.6 Å². The molecule has 0 spiro atoms. The van der Waals surface area contributed by atoms with Crippen LogP contribution in [-0.4, -0.2) is 15.1 Å². The van der Waals surface area contributed by atoms with Gasteiger partial charge in [0.1, 0.15) is 5.75 Å². The fourth-order valence-corrected chi connectivity index (χ4v) is 1.40. The van der Waals surface area contributed by atoms with Crippen LogP contribution in [0, 0.1) is 6.92 Å². The molecule has 1 aromatic carbocycles. The molecule has 0 unspecified atom stereocenters. The average molecular weight is 251 g/mol. The van der Waals surface area contributed by atoms with Gasteiger partial charge in [-0.3, -0.25) is 4.98 Å². The second-order valence-electron chi connectivity index (χ2n) is 3.52. The maximum absolute atomic E-state index is 8.83. The fraction of sp³-hybridized carbons (Fsp3) is 0.167. The molecule has 0 bridgehead atoms. The number of ether oxygens (including phenoxy) is 1. The Morgan fingerprint density at radius 3 is 2.71 bits per heavy atom. The predicted molar refractivity (Wildman–Crippen MR) is 64.2 cm³/mol. The number of aryl methyl sites for hydroxylation is 1. The number of hydrogen-bond acceptors (Lipinski definition) is 4. The Kier molecular flexibility index (Phi) is 3.56. The largest absolute Gasteiger partial charge is 0.437 e. The van der Waals surface area contributed by atoms with E-state index in [2.05, 4.69) is 9.97 Å². The predicted octanol–water partition coefficient (Wildman–Crippen LogP) is 2.72. The lowest BCUT2D eigenvalue weighted by Gasteiger charge is -2.06. The van der Waals surface area contributed by atoms with E-state index in [1.807, 2.05) is 13.0 Å². The number of halogens is 1. The summed E-state index contributed by atoms with van der Waals surface area (Å²) in [7, 11) is 0. The molecule has 1 aromatic heterocycles. The van der Waals surface area contributed by atoms with Gasteiger partial charge in [0, 0.05) is 5.02 Å². The van der Waals surface area contributed by atoms with Crippen molar-refractivity contribution in [2.45, 2.75) is 13.5 Å². The Morgan fingerprint density at radius 2 is 2.12 bits per heavy atom. The first-order valence-electron chi connectivity index (χ1n) is 5.05. The van der Waals surface area contributed by atoms with Crippen LogP contribution in [0.1, 0.15) is 11.3 Å². The Bertz CT molecular complexity index is 514. The summed E-state index contributed by atoms with van der Waals surface area (Å²) in [6, 6.07) is 5.35. The number of aliphatic hydroxyl groups is 1. The Morgan fingerprint density at radius 1 is 1.29 bits per heavy atom. The van der Waals surface area contributed by atoms with Gasteiger partial charge in [-0.2, -0.15) is 0 Å². The van der Waals surface area contributed by atoms with Crippen LogP contribution < -0.4 is 4.74 Å². The van der Waals surface area contributed by atoms with E-state index in [9.17, 15) is 0 Å². The lowest BCUT2D eigenvalue weighted by Crippen LogP contribution is -1.93. The fourth-order valence-electron chi connectivity index (χ4n) is 1.28. The van der Waals surface area contributed by atoms with Crippen LogP contribution in [-0.2, 0) is 6.61 Å². The standard InChI is InChI=1S/C12H11ClN2O2/c1-8-4-10(2-3-11(8)13)17-12-6-14-9(7-16)5-15-12/h2-6,16H,7H2,1H3. The van der Waals surface area contributed by atoms with E-state index >= 15 is 0 Å². The van der Waals surface area contributed by atoms with Crippen LogP contribution in [0.5, 0.6) is 11.6 Å². The molecule has 0 fully saturated rings. The lowest BCUT2D eigenvalue weighted by molar-refractivity contribution is 0.276. The van der Waals surface area contributed by atoms with Gasteiger partial charge < -0.3 is 9.84 Å². The number of hydrogen-bond donors (Lipinski definition) is 1. The molecule has 0 atom stereocenters. The quantitative estimate of drug-likeness (QED) is 0.910. The van der Waals surface area contributed by atoms with Crippen molar-refractivity contribution in [3.05, 3.63) is 46.9 Å². The third-order valence-corrected chi connectivity index (χ3v) is 2.62. The van der Waals surface area contributed by atoms with Gasteiger partial charge in [-0.25, -0.2) is 4.98 Å². The van der Waals surface area contributed by atoms with Gasteiger partial charge in [0.15, 0.2) is 0 Å². The highest BCUT2D eigenvalue weighted by Crippen LogP contribution is 2.24. The molecule has 0 saturated heterocycles. The summed E-state index contributed by atoms with van der Waals surface area (Å²) in [5.74, 6) is 1.03. The van der Waals surface area contributed by atoms with Crippen molar-refractivity contribution in [3.8, 4) is 11.6 Å². The Balaban J connectivity index is 2.16. The van der Waals surface area contributed by atoms with Gasteiger partial charge in [-0.15, -0.1) is 0 Å². The summed E-state index contributed by atoms with van der Waals surface area (Å²) in [4.78, 5) is 7.99. The summed E-state index contributed by atoms with van der Waals surface area (Å²) in [6.07, 6.45) is 2.94. The number of nitrogens with zero attached hydrogens (tertiary/aromatic N) is 2. The summed E-state index contributed by atoms with van der Waals surface area (Å²) >= 11 is 5.91. The van der Waals surface area contributed by atoms with Gasteiger partial charge in [0.25, 0.3) is 0 Å². The molecule has 2 aromatic rings. The topological polar surface area (TPSA) is 55.2 Å². The van der Waals surface area contributed by atoms with Crippen molar-refractivity contribution in [3.63, 3.8) is 0 Å². The zero-order valence-corrected chi connectivity index (χ0v) is 9.98. The molecule has 17 heavy (non-hydrogen) atoms. The molecule has 5 heteroatoms. The maximum atomic E-state index is 8.83. The van der Waals surface area contributed by atoms with Crippen LogP contribution >= 0.6 is 11.6 Å². The highest BCUT2D eigenvalue weighted by atomic mass is 35.5. The first-order valence-corrected chi connectivity index (χ1v) is 5.42. The van der Waals surface area contributed by atoms with Crippen LogP contribution in [0.3, 0.4) is 0 Å². The molecule has 0 aliphatic carbocycles. The highest BCUT2D eigenvalue weighted by molar-refractivity contribution is 6.31. The Labute approximate surface area is 104 Å². The van der Waals surface area contributed by atoms with E-state index in [1.54, 1.807) is 12.1 Å². The molecular formula is C12H11ClN2O2. The zero-order valence-electron chi connectivity index (χ0n) is 9.22. The van der Waals surface area contributed by atoms with Crippen LogP contribution in [0.25, 0.3) is 0 Å². The van der Waals surface area contributed by atoms with E-state index in [0.717, 1.165) is 5.56 Å². The molecule has 1 N–H and O–H groups in total. The van der Waals surface area contributed by atoms with Gasteiger partial charge in [-0.05, 0) is 30.7 Å². The van der Waals surface area contributed by atoms with E-state index in [4.69, 9.17) is 21.4 Å². The molecule has 4 nitrogen and oxygen atoms in total. The molecule has 88 valence electrons. The third-order valence-electron chi connectivity index (χ3n) is 2.20. The van der Waals surface area contributed by atoms with Crippen molar-refractivity contribution in [2.75, 3.05) is 0 Å². The molecule has 1 heterocycles. The van der Waals surface area contributed by atoms with Crippen LogP contribution in [0.4, 0.5) is 0 Å². The smallest absolute Gasteiger partial charge is 0.237 e. The molecular weight excluding hydrogens is 240 g/mol. The second-order valence-corrected chi connectivity index (χ2v) is 3.92. The molecule has 0 aliphatic heterocycles. The third kappa shape index (κ3) is 2.93. The van der Waals surface area contributed by atoms with E-state index < -0.39 is 0 Å². The number of aliphatic hydroxyl groups excluding tert-OH is 1. The molecule has 2 rings (SSSR count). The first kappa shape index (κ1) is 11.8. The van der Waals surface area contributed by atoms with E-state index in [0.29, 0.717) is 22.3 Å². The van der Waals surface area contributed by atoms with Crippen molar-refractivity contribution in [2.24, 2.45) is 0 Å². The molecule has 0 saturated carbocycles. The monoisotopic (exact) mass is 250 g/mol. The SMILES string of the molecule is Cc1cc(Oc2cnc(CO)cn2)ccc1Cl. The number of aromatic nitrogens is 2. The molecule has 0 aliphatic rings. The average Bonchev–Trinajstić information content (AvgIpc) is 2.35. The van der Waals surface area contributed by atoms with Gasteiger partial charge in [0.2, 0.25) is 5.88 Å². The summed E-state index contributed by atoms with van der Waals surface area (Å²) in [6.45, 7) is 1.77. The van der Waals surface area contributed by atoms with Crippen molar-refractivity contribution in [1.29, 1.82) is 0 Å². The van der Waals surface area contributed by atoms with E-state index in [1.165, 1.54) is 12.4 Å². The zero-order chi connectivity index (χ0) is 12.3. The number of rotatable bonds is 3. The lowest BCUT2D eigenvalue weighted by atomic mass is 10.2. The van der Waals surface area contributed by atoms with Crippen LogP contribution in [0.15, 0.2) is 30.6 Å². The number of benzene rings is 1. The summed E-state index contributed by atoms with van der Waals surface area (Å²) in [5.41, 5.74) is 1.44. The minimum atomic E-state index is -0.132. The summed E-state index contributed by atoms with van der Waals surface area (Å²) in [5, 5.41) is 9.52. The highest BCUT2D eigenvalue weighted by Gasteiger charge is 2.02. The maximum Gasteiger partial charge on any atom is 0.237 e.